The molecule has 0 fully saturated rings. The van der Waals surface area contributed by atoms with Crippen molar-refractivity contribution in [3.63, 3.8) is 0 Å². The van der Waals surface area contributed by atoms with E-state index in [4.69, 9.17) is 0 Å². The predicted molar refractivity (Wildman–Crippen MR) is 202 cm³/mol. The molecular weight excluding hydrogens is 646 g/mol. The molecule has 0 N–H and O–H groups in total. The van der Waals surface area contributed by atoms with E-state index < -0.39 is 17.5 Å². The summed E-state index contributed by atoms with van der Waals surface area (Å²) in [6, 6.07) is 51.7. The van der Waals surface area contributed by atoms with Crippen LogP contribution in [0.2, 0.25) is 0 Å². The molecule has 9 rings (SSSR count). The third kappa shape index (κ3) is 5.04. The number of nitrogens with zero attached hydrogens (tertiary/aromatic N) is 2. The molecule has 0 aliphatic heterocycles. The van der Waals surface area contributed by atoms with Gasteiger partial charge >= 0.3 is 0 Å². The smallest absolute Gasteiger partial charge is 0.153 e. The van der Waals surface area contributed by atoms with Gasteiger partial charge in [0.15, 0.2) is 11.6 Å². The van der Waals surface area contributed by atoms with Crippen LogP contribution in [0.5, 0.6) is 0 Å². The molecule has 2 nitrogen and oxygen atoms in total. The summed E-state index contributed by atoms with van der Waals surface area (Å²) in [4.78, 5) is 1.50. The number of fused-ring (bicyclic) bond motifs is 5. The van der Waals surface area contributed by atoms with E-state index in [1.807, 2.05) is 84.1 Å². The maximum atomic E-state index is 15.5. The van der Waals surface area contributed by atoms with E-state index in [1.165, 1.54) is 30.6 Å². The van der Waals surface area contributed by atoms with Gasteiger partial charge in [0.05, 0.1) is 15.7 Å². The molecule has 0 amide bonds. The second kappa shape index (κ2) is 12.1. The van der Waals surface area contributed by atoms with Gasteiger partial charge < -0.3 is 9.47 Å². The number of aromatic nitrogens is 1. The van der Waals surface area contributed by atoms with Crippen LogP contribution in [0, 0.1) is 17.5 Å². The van der Waals surface area contributed by atoms with Crippen molar-refractivity contribution in [2.24, 2.45) is 0 Å². The predicted octanol–water partition coefficient (Wildman–Crippen LogP) is 13.2. The molecule has 50 heavy (non-hydrogen) atoms. The molecule has 0 aliphatic rings. The number of benzene rings is 7. The highest BCUT2D eigenvalue weighted by atomic mass is 32.1. The second-order valence-electron chi connectivity index (χ2n) is 12.2. The SMILES string of the molecule is Fc1cc(F)c(N(c2ccc(-c3ccccc3)cc2)c2cccc(-c3ccc(-n4c5ccccc5c5sc6ccccc6c54)cc3)c2)c(F)c1. The quantitative estimate of drug-likeness (QED) is 0.171. The molecule has 0 saturated carbocycles. The Hall–Kier alpha value is -6.11. The molecule has 0 saturated heterocycles. The van der Waals surface area contributed by atoms with Gasteiger partial charge in [-0.3, -0.25) is 0 Å². The van der Waals surface area contributed by atoms with Crippen molar-refractivity contribution < 1.29 is 13.2 Å². The highest BCUT2D eigenvalue weighted by molar-refractivity contribution is 7.26. The lowest BCUT2D eigenvalue weighted by atomic mass is 10.0. The van der Waals surface area contributed by atoms with Gasteiger partial charge in [0, 0.05) is 44.7 Å². The average Bonchev–Trinajstić information content (AvgIpc) is 3.68. The Labute approximate surface area is 290 Å². The monoisotopic (exact) mass is 672 g/mol. The van der Waals surface area contributed by atoms with Crippen LogP contribution in [-0.4, -0.2) is 4.57 Å². The number of anilines is 3. The Morgan fingerprint density at radius 3 is 1.84 bits per heavy atom. The first-order valence-corrected chi connectivity index (χ1v) is 17.1. The molecule has 2 aromatic heterocycles. The molecule has 240 valence electrons. The standard InChI is InChI=1S/C44H27F3N2S/c45-32-26-38(46)43(39(47)27-32)48(33-21-17-29(18-22-33)28-9-2-1-3-10-28)35-12-8-11-31(25-35)30-19-23-34(24-20-30)49-40-15-6-4-13-36(40)44-42(49)37-14-5-7-16-41(37)50-44/h1-27H. The Balaban J connectivity index is 1.14. The van der Waals surface area contributed by atoms with Crippen molar-refractivity contribution in [2.45, 2.75) is 0 Å². The van der Waals surface area contributed by atoms with E-state index in [0.717, 1.165) is 33.5 Å². The first-order valence-electron chi connectivity index (χ1n) is 16.3. The zero-order valence-corrected chi connectivity index (χ0v) is 27.3. The molecule has 2 heterocycles. The van der Waals surface area contributed by atoms with Crippen molar-refractivity contribution in [3.8, 4) is 27.9 Å². The number of hydrogen-bond donors (Lipinski definition) is 0. The van der Waals surface area contributed by atoms with E-state index >= 15 is 8.78 Å². The van der Waals surface area contributed by atoms with Crippen molar-refractivity contribution in [2.75, 3.05) is 4.90 Å². The van der Waals surface area contributed by atoms with Crippen LogP contribution in [0.25, 0.3) is 59.1 Å². The Bertz CT molecular complexity index is 2650. The van der Waals surface area contributed by atoms with Crippen molar-refractivity contribution >= 4 is 59.6 Å². The van der Waals surface area contributed by atoms with Crippen LogP contribution in [0.1, 0.15) is 0 Å². The highest BCUT2D eigenvalue weighted by Crippen LogP contribution is 2.43. The van der Waals surface area contributed by atoms with E-state index in [9.17, 15) is 4.39 Å². The normalized spacial score (nSPS) is 11.5. The highest BCUT2D eigenvalue weighted by Gasteiger charge is 2.23. The zero-order valence-electron chi connectivity index (χ0n) is 26.5. The summed E-state index contributed by atoms with van der Waals surface area (Å²) in [6.45, 7) is 0. The third-order valence-electron chi connectivity index (χ3n) is 9.18. The van der Waals surface area contributed by atoms with Crippen molar-refractivity contribution in [3.05, 3.63) is 181 Å². The minimum absolute atomic E-state index is 0.349. The summed E-state index contributed by atoms with van der Waals surface area (Å²) in [5, 5.41) is 2.44. The summed E-state index contributed by atoms with van der Waals surface area (Å²) < 4.78 is 49.8. The van der Waals surface area contributed by atoms with E-state index in [2.05, 4.69) is 77.4 Å². The van der Waals surface area contributed by atoms with Crippen LogP contribution < -0.4 is 4.90 Å². The fourth-order valence-electron chi connectivity index (χ4n) is 6.90. The molecule has 0 unspecified atom stereocenters. The Morgan fingerprint density at radius 1 is 0.480 bits per heavy atom. The van der Waals surface area contributed by atoms with E-state index in [0.29, 0.717) is 23.5 Å². The fraction of sp³-hybridized carbons (Fsp3) is 0. The minimum atomic E-state index is -0.990. The van der Waals surface area contributed by atoms with Crippen molar-refractivity contribution in [1.82, 2.24) is 4.57 Å². The van der Waals surface area contributed by atoms with Gasteiger partial charge in [0.2, 0.25) is 0 Å². The summed E-state index contributed by atoms with van der Waals surface area (Å²) >= 11 is 1.81. The molecule has 7 aromatic carbocycles. The largest absolute Gasteiger partial charge is 0.308 e. The number of rotatable bonds is 6. The summed E-state index contributed by atoms with van der Waals surface area (Å²) in [7, 11) is 0. The lowest BCUT2D eigenvalue weighted by Crippen LogP contribution is -2.14. The first-order chi connectivity index (χ1) is 24.5. The van der Waals surface area contributed by atoms with E-state index in [1.54, 1.807) is 6.07 Å². The van der Waals surface area contributed by atoms with Crippen LogP contribution in [-0.2, 0) is 0 Å². The molecule has 0 atom stereocenters. The van der Waals surface area contributed by atoms with Gasteiger partial charge in [0.25, 0.3) is 0 Å². The molecule has 0 spiro atoms. The fourth-order valence-corrected chi connectivity index (χ4v) is 8.12. The topological polar surface area (TPSA) is 8.17 Å². The average molecular weight is 673 g/mol. The summed E-state index contributed by atoms with van der Waals surface area (Å²) in [5.41, 5.74) is 7.89. The van der Waals surface area contributed by atoms with Crippen LogP contribution >= 0.6 is 11.3 Å². The summed E-state index contributed by atoms with van der Waals surface area (Å²) in [6.07, 6.45) is 0. The molecule has 0 radical (unpaired) electrons. The maximum Gasteiger partial charge on any atom is 0.153 e. The van der Waals surface area contributed by atoms with Gasteiger partial charge in [-0.25, -0.2) is 13.2 Å². The number of hydrogen-bond acceptors (Lipinski definition) is 2. The van der Waals surface area contributed by atoms with Gasteiger partial charge in [-0.15, -0.1) is 11.3 Å². The van der Waals surface area contributed by atoms with Gasteiger partial charge in [-0.1, -0.05) is 103 Å². The lowest BCUT2D eigenvalue weighted by Gasteiger charge is -2.27. The number of thiophene rings is 1. The van der Waals surface area contributed by atoms with Gasteiger partial charge in [-0.05, 0) is 70.8 Å². The lowest BCUT2D eigenvalue weighted by molar-refractivity contribution is 0.545. The Kier molecular flexibility index (Phi) is 7.25. The van der Waals surface area contributed by atoms with Gasteiger partial charge in [0.1, 0.15) is 11.5 Å². The zero-order chi connectivity index (χ0) is 33.8. The Morgan fingerprint density at radius 2 is 1.08 bits per heavy atom. The maximum absolute atomic E-state index is 15.5. The molecular formula is C44H27F3N2S. The minimum Gasteiger partial charge on any atom is -0.308 e. The first kappa shape index (κ1) is 30.0. The molecule has 0 bridgehead atoms. The van der Waals surface area contributed by atoms with E-state index in [-0.39, 0.29) is 5.69 Å². The van der Waals surface area contributed by atoms with Crippen LogP contribution in [0.4, 0.5) is 30.2 Å². The van der Waals surface area contributed by atoms with Crippen LogP contribution in [0.3, 0.4) is 0 Å². The molecule has 0 aliphatic carbocycles. The molecule has 9 aromatic rings. The summed E-state index contributed by atoms with van der Waals surface area (Å²) in [5.74, 6) is -2.95. The molecule has 6 heteroatoms. The second-order valence-corrected chi connectivity index (χ2v) is 13.2. The van der Waals surface area contributed by atoms with Gasteiger partial charge in [-0.2, -0.15) is 0 Å². The number of para-hydroxylation sites is 1. The third-order valence-corrected chi connectivity index (χ3v) is 10.4. The van der Waals surface area contributed by atoms with Crippen LogP contribution in [0.15, 0.2) is 164 Å². The number of halogens is 3. The van der Waals surface area contributed by atoms with Crippen molar-refractivity contribution in [1.29, 1.82) is 0 Å².